The molecule has 1 fully saturated rings. The van der Waals surface area contributed by atoms with Crippen LogP contribution in [-0.4, -0.2) is 51.4 Å². The zero-order chi connectivity index (χ0) is 18.6. The Balaban J connectivity index is 2.02. The first-order valence-electron chi connectivity index (χ1n) is 7.83. The summed E-state index contributed by atoms with van der Waals surface area (Å²) >= 11 is 6.00. The van der Waals surface area contributed by atoms with Crippen LogP contribution in [0, 0.1) is 0 Å². The molecule has 1 aliphatic heterocycles. The molecule has 1 aromatic rings. The second-order valence-corrected chi connectivity index (χ2v) is 8.57. The topological polar surface area (TPSA) is 92.8 Å². The minimum atomic E-state index is -3.05. The van der Waals surface area contributed by atoms with E-state index in [1.807, 2.05) is 0 Å². The fourth-order valence-corrected chi connectivity index (χ4v) is 4.58. The Bertz CT molecular complexity index is 766. The van der Waals surface area contributed by atoms with Gasteiger partial charge in [0, 0.05) is 31.0 Å². The molecule has 9 heteroatoms. The van der Waals surface area contributed by atoms with Gasteiger partial charge in [0.15, 0.2) is 9.84 Å². The molecule has 0 aromatic heterocycles. The summed E-state index contributed by atoms with van der Waals surface area (Å²) in [5, 5.41) is 3.15. The highest BCUT2D eigenvalue weighted by Crippen LogP contribution is 2.31. The number of halogens is 1. The van der Waals surface area contributed by atoms with Gasteiger partial charge in [-0.3, -0.25) is 9.59 Å². The number of hydrogen-bond donors (Lipinski definition) is 1. The number of ether oxygens (including phenoxy) is 1. The molecule has 0 aliphatic carbocycles. The molecule has 1 saturated heterocycles. The number of nitrogens with zero attached hydrogens (tertiary/aromatic N) is 1. The quantitative estimate of drug-likeness (QED) is 0.795. The highest BCUT2D eigenvalue weighted by molar-refractivity contribution is 7.91. The molecule has 1 aliphatic rings. The van der Waals surface area contributed by atoms with E-state index in [1.54, 1.807) is 18.2 Å². The van der Waals surface area contributed by atoms with Crippen LogP contribution in [0.15, 0.2) is 18.2 Å². The summed E-state index contributed by atoms with van der Waals surface area (Å²) in [6, 6.07) is 4.54. The lowest BCUT2D eigenvalue weighted by atomic mass is 10.2. The lowest BCUT2D eigenvalue weighted by Gasteiger charge is -2.23. The van der Waals surface area contributed by atoms with Crippen LogP contribution >= 0.6 is 11.6 Å². The molecule has 1 heterocycles. The number of sulfone groups is 1. The highest BCUT2D eigenvalue weighted by atomic mass is 35.5. The molecule has 0 bridgehead atoms. The van der Waals surface area contributed by atoms with Crippen molar-refractivity contribution in [3.8, 4) is 5.75 Å². The van der Waals surface area contributed by atoms with Gasteiger partial charge in [-0.1, -0.05) is 11.6 Å². The molecule has 2 rings (SSSR count). The van der Waals surface area contributed by atoms with Crippen molar-refractivity contribution in [2.75, 3.05) is 30.1 Å². The predicted octanol–water partition coefficient (Wildman–Crippen LogP) is 1.39. The number of carbonyl (C=O) groups excluding carboxylic acids is 2. The Labute approximate surface area is 152 Å². The van der Waals surface area contributed by atoms with E-state index in [0.29, 0.717) is 22.9 Å². The number of benzene rings is 1. The SMILES string of the molecule is COc1ccc(Cl)cc1N(CCC(=O)NC1CCS(=O)(=O)C1)C(C)=O. The monoisotopic (exact) mass is 388 g/mol. The Hall–Kier alpha value is -1.80. The van der Waals surface area contributed by atoms with Crippen LogP contribution in [0.3, 0.4) is 0 Å². The lowest BCUT2D eigenvalue weighted by Crippen LogP contribution is -2.39. The maximum Gasteiger partial charge on any atom is 0.223 e. The largest absolute Gasteiger partial charge is 0.495 e. The number of methoxy groups -OCH3 is 1. The maximum absolute atomic E-state index is 12.1. The summed E-state index contributed by atoms with van der Waals surface area (Å²) in [6.07, 6.45) is 0.471. The Morgan fingerprint density at radius 2 is 2.12 bits per heavy atom. The Morgan fingerprint density at radius 1 is 1.40 bits per heavy atom. The van der Waals surface area contributed by atoms with Crippen LogP contribution in [0.1, 0.15) is 19.8 Å². The molecular weight excluding hydrogens is 368 g/mol. The zero-order valence-electron chi connectivity index (χ0n) is 14.1. The van der Waals surface area contributed by atoms with E-state index in [9.17, 15) is 18.0 Å². The van der Waals surface area contributed by atoms with Gasteiger partial charge in [-0.2, -0.15) is 0 Å². The molecule has 138 valence electrons. The average molecular weight is 389 g/mol. The van der Waals surface area contributed by atoms with E-state index >= 15 is 0 Å². The summed E-state index contributed by atoms with van der Waals surface area (Å²) in [5.74, 6) is -0.0119. The van der Waals surface area contributed by atoms with Gasteiger partial charge in [-0.15, -0.1) is 0 Å². The minimum Gasteiger partial charge on any atom is -0.495 e. The second-order valence-electron chi connectivity index (χ2n) is 5.90. The van der Waals surface area contributed by atoms with Gasteiger partial charge in [0.25, 0.3) is 0 Å². The van der Waals surface area contributed by atoms with Gasteiger partial charge < -0.3 is 15.0 Å². The van der Waals surface area contributed by atoms with E-state index in [-0.39, 0.29) is 42.3 Å². The zero-order valence-corrected chi connectivity index (χ0v) is 15.7. The number of nitrogens with one attached hydrogen (secondary N) is 1. The Morgan fingerprint density at radius 3 is 2.68 bits per heavy atom. The number of carbonyl (C=O) groups is 2. The molecule has 0 spiro atoms. The molecule has 1 N–H and O–H groups in total. The number of amides is 2. The fourth-order valence-electron chi connectivity index (χ4n) is 2.74. The summed E-state index contributed by atoms with van der Waals surface area (Å²) in [4.78, 5) is 25.5. The normalized spacial score (nSPS) is 18.6. The number of anilines is 1. The molecular formula is C16H21ClN2O5S. The van der Waals surface area contributed by atoms with Gasteiger partial charge in [0.05, 0.1) is 24.3 Å². The van der Waals surface area contributed by atoms with E-state index in [0.717, 1.165) is 0 Å². The first-order chi connectivity index (χ1) is 11.7. The van der Waals surface area contributed by atoms with Crippen molar-refractivity contribution in [1.82, 2.24) is 5.32 Å². The molecule has 0 radical (unpaired) electrons. The fraction of sp³-hybridized carbons (Fsp3) is 0.500. The van der Waals surface area contributed by atoms with E-state index in [1.165, 1.54) is 18.9 Å². The number of rotatable bonds is 6. The average Bonchev–Trinajstić information content (AvgIpc) is 2.86. The third-order valence-corrected chi connectivity index (χ3v) is 5.97. The molecule has 1 unspecified atom stereocenters. The van der Waals surface area contributed by atoms with E-state index in [4.69, 9.17) is 16.3 Å². The predicted molar refractivity (Wildman–Crippen MR) is 95.8 cm³/mol. The van der Waals surface area contributed by atoms with Crippen molar-refractivity contribution >= 4 is 38.9 Å². The van der Waals surface area contributed by atoms with E-state index in [2.05, 4.69) is 5.32 Å². The van der Waals surface area contributed by atoms with Crippen molar-refractivity contribution in [3.05, 3.63) is 23.2 Å². The van der Waals surface area contributed by atoms with Gasteiger partial charge in [-0.05, 0) is 24.6 Å². The molecule has 7 nitrogen and oxygen atoms in total. The third-order valence-electron chi connectivity index (χ3n) is 3.97. The third kappa shape index (κ3) is 5.34. The van der Waals surface area contributed by atoms with Crippen molar-refractivity contribution in [3.63, 3.8) is 0 Å². The van der Waals surface area contributed by atoms with Gasteiger partial charge in [-0.25, -0.2) is 8.42 Å². The van der Waals surface area contributed by atoms with Crippen LogP contribution in [0.5, 0.6) is 5.75 Å². The van der Waals surface area contributed by atoms with Crippen LogP contribution in [-0.2, 0) is 19.4 Å². The van der Waals surface area contributed by atoms with Crippen molar-refractivity contribution in [1.29, 1.82) is 0 Å². The van der Waals surface area contributed by atoms with Gasteiger partial charge >= 0.3 is 0 Å². The number of hydrogen-bond acceptors (Lipinski definition) is 5. The maximum atomic E-state index is 12.1. The first-order valence-corrected chi connectivity index (χ1v) is 10.0. The lowest BCUT2D eigenvalue weighted by molar-refractivity contribution is -0.121. The summed E-state index contributed by atoms with van der Waals surface area (Å²) < 4.78 is 28.1. The van der Waals surface area contributed by atoms with Crippen molar-refractivity contribution < 1.29 is 22.7 Å². The minimum absolute atomic E-state index is 0.0305. The molecule has 1 atom stereocenters. The van der Waals surface area contributed by atoms with Crippen LogP contribution in [0.2, 0.25) is 5.02 Å². The molecule has 2 amide bonds. The second kappa shape index (κ2) is 8.05. The van der Waals surface area contributed by atoms with Gasteiger partial charge in [0.2, 0.25) is 11.8 Å². The van der Waals surface area contributed by atoms with Crippen LogP contribution in [0.25, 0.3) is 0 Å². The summed E-state index contributed by atoms with van der Waals surface area (Å²) in [7, 11) is -1.57. The van der Waals surface area contributed by atoms with Crippen LogP contribution < -0.4 is 15.0 Å². The Kier molecular flexibility index (Phi) is 6.29. The van der Waals surface area contributed by atoms with Crippen molar-refractivity contribution in [2.24, 2.45) is 0 Å². The highest BCUT2D eigenvalue weighted by Gasteiger charge is 2.29. The van der Waals surface area contributed by atoms with Gasteiger partial charge in [0.1, 0.15) is 5.75 Å². The molecule has 0 saturated carbocycles. The molecule has 25 heavy (non-hydrogen) atoms. The summed E-state index contributed by atoms with van der Waals surface area (Å²) in [6.45, 7) is 1.53. The van der Waals surface area contributed by atoms with E-state index < -0.39 is 9.84 Å². The van der Waals surface area contributed by atoms with Crippen LogP contribution in [0.4, 0.5) is 5.69 Å². The van der Waals surface area contributed by atoms with Crippen molar-refractivity contribution in [2.45, 2.75) is 25.8 Å². The standard InChI is InChI=1S/C16H21ClN2O5S/c1-11(20)19(14-9-12(17)3-4-15(14)24-2)7-5-16(21)18-13-6-8-25(22,23)10-13/h3-4,9,13H,5-8,10H2,1-2H3,(H,18,21). The smallest absolute Gasteiger partial charge is 0.223 e. The summed E-state index contributed by atoms with van der Waals surface area (Å²) in [5.41, 5.74) is 0.485. The molecule has 1 aromatic carbocycles. The first kappa shape index (κ1) is 19.5.